The minimum absolute atomic E-state index is 0.117. The van der Waals surface area contributed by atoms with Gasteiger partial charge in [0, 0.05) is 28.4 Å². The van der Waals surface area contributed by atoms with E-state index in [1.54, 1.807) is 23.9 Å². The number of hydrogen-bond donors (Lipinski definition) is 1. The lowest BCUT2D eigenvalue weighted by Gasteiger charge is -2.34. The number of hydrogen-bond acceptors (Lipinski definition) is 7. The van der Waals surface area contributed by atoms with Crippen molar-refractivity contribution in [1.29, 1.82) is 0 Å². The van der Waals surface area contributed by atoms with Gasteiger partial charge in [-0.3, -0.25) is 0 Å². The van der Waals surface area contributed by atoms with Crippen molar-refractivity contribution in [3.8, 4) is 5.75 Å². The fourth-order valence-corrected chi connectivity index (χ4v) is 6.85. The maximum Gasteiger partial charge on any atom is 0.156 e. The number of piperidine rings is 2. The van der Waals surface area contributed by atoms with E-state index < -0.39 is 0 Å². The van der Waals surface area contributed by atoms with Gasteiger partial charge in [0.15, 0.2) is 6.23 Å². The monoisotopic (exact) mass is 471 g/mol. The minimum atomic E-state index is -0.117. The molecule has 0 aromatic heterocycles. The summed E-state index contributed by atoms with van der Waals surface area (Å²) in [5.41, 5.74) is 1.17. The maximum atomic E-state index is 6.78. The summed E-state index contributed by atoms with van der Waals surface area (Å²) in [5, 5.41) is 3.43. The van der Waals surface area contributed by atoms with Gasteiger partial charge >= 0.3 is 0 Å². The van der Waals surface area contributed by atoms with Crippen molar-refractivity contribution < 1.29 is 9.47 Å². The van der Waals surface area contributed by atoms with E-state index in [4.69, 9.17) is 9.47 Å². The van der Waals surface area contributed by atoms with Crippen LogP contribution in [-0.2, 0) is 4.74 Å². The van der Waals surface area contributed by atoms with Gasteiger partial charge in [-0.1, -0.05) is 24.3 Å². The van der Waals surface area contributed by atoms with Gasteiger partial charge in [0.1, 0.15) is 5.75 Å². The summed E-state index contributed by atoms with van der Waals surface area (Å²) < 4.78 is 15.3. The summed E-state index contributed by atoms with van der Waals surface area (Å²) in [6.07, 6.45) is 4.71. The summed E-state index contributed by atoms with van der Waals surface area (Å²) in [6.45, 7) is 5.19. The number of ether oxygens (including phenoxy) is 2. The molecule has 172 valence electrons. The molecule has 7 heteroatoms. The van der Waals surface area contributed by atoms with Crippen LogP contribution in [0.1, 0.15) is 37.5 Å². The number of rotatable bonds is 7. The zero-order chi connectivity index (χ0) is 21.8. The molecule has 0 bridgehead atoms. The van der Waals surface area contributed by atoms with Gasteiger partial charge in [0.25, 0.3) is 0 Å². The molecule has 3 aliphatic rings. The summed E-state index contributed by atoms with van der Waals surface area (Å²) in [7, 11) is 2.19. The lowest BCUT2D eigenvalue weighted by Crippen LogP contribution is -2.36. The third-order valence-electron chi connectivity index (χ3n) is 6.49. The van der Waals surface area contributed by atoms with Gasteiger partial charge in [-0.25, -0.2) is 0 Å². The number of benzene rings is 2. The molecule has 32 heavy (non-hydrogen) atoms. The summed E-state index contributed by atoms with van der Waals surface area (Å²) in [6, 6.07) is 17.2. The molecule has 5 rings (SSSR count). The Morgan fingerprint density at radius 3 is 2.41 bits per heavy atom. The number of nitrogens with zero attached hydrogens (tertiary/aromatic N) is 2. The van der Waals surface area contributed by atoms with Crippen molar-refractivity contribution in [1.82, 2.24) is 13.9 Å². The highest BCUT2D eigenvalue weighted by atomic mass is 32.2. The van der Waals surface area contributed by atoms with Crippen LogP contribution in [0.2, 0.25) is 0 Å². The normalized spacial score (nSPS) is 22.0. The van der Waals surface area contributed by atoms with E-state index in [-0.39, 0.29) is 12.3 Å². The first-order chi connectivity index (χ1) is 15.7. The van der Waals surface area contributed by atoms with E-state index in [1.165, 1.54) is 28.2 Å². The Hall–Kier alpha value is -1.22. The maximum absolute atomic E-state index is 6.78. The Labute approximate surface area is 200 Å². The Kier molecular flexibility index (Phi) is 7.62. The second kappa shape index (κ2) is 10.8. The molecule has 0 aliphatic carbocycles. The first-order valence-corrected chi connectivity index (χ1v) is 13.3. The van der Waals surface area contributed by atoms with Crippen LogP contribution in [0, 0.1) is 5.92 Å². The zero-order valence-corrected chi connectivity index (χ0v) is 20.4. The predicted octanol–water partition coefficient (Wildman–Crippen LogP) is 5.20. The molecule has 3 aliphatic heterocycles. The molecule has 1 atom stereocenters. The van der Waals surface area contributed by atoms with Crippen LogP contribution in [0.3, 0.4) is 0 Å². The smallest absolute Gasteiger partial charge is 0.156 e. The minimum Gasteiger partial charge on any atom is -0.493 e. The molecule has 2 fully saturated rings. The van der Waals surface area contributed by atoms with E-state index in [2.05, 4.69) is 69.5 Å². The predicted molar refractivity (Wildman–Crippen MR) is 132 cm³/mol. The standard InChI is InChI=1S/C25H33N3O2S2/c1-27-15-11-21(12-16-27)30-25(28-31-23-7-2-3-8-24(23)32-28)20-5-4-6-22(17-20)29-18-19-9-13-26-14-10-19/h2-8,17,19,21,25-26H,9-16,18H2,1H3. The molecule has 0 radical (unpaired) electrons. The van der Waals surface area contributed by atoms with E-state index >= 15 is 0 Å². The summed E-state index contributed by atoms with van der Waals surface area (Å²) in [5.74, 6) is 1.59. The van der Waals surface area contributed by atoms with Gasteiger partial charge in [-0.15, -0.1) is 0 Å². The highest BCUT2D eigenvalue weighted by Gasteiger charge is 2.33. The van der Waals surface area contributed by atoms with E-state index in [1.807, 2.05) is 0 Å². The van der Waals surface area contributed by atoms with Crippen LogP contribution in [0.15, 0.2) is 58.3 Å². The van der Waals surface area contributed by atoms with Gasteiger partial charge in [-0.2, -0.15) is 3.71 Å². The van der Waals surface area contributed by atoms with Crippen molar-refractivity contribution in [2.24, 2.45) is 5.92 Å². The Morgan fingerprint density at radius 2 is 1.69 bits per heavy atom. The molecule has 2 aromatic carbocycles. The van der Waals surface area contributed by atoms with Crippen molar-refractivity contribution >= 4 is 23.9 Å². The molecule has 1 unspecified atom stereocenters. The van der Waals surface area contributed by atoms with Crippen LogP contribution in [0.4, 0.5) is 0 Å². The van der Waals surface area contributed by atoms with Gasteiger partial charge in [-0.05, 0) is 99.9 Å². The number of nitrogens with one attached hydrogen (secondary N) is 1. The lowest BCUT2D eigenvalue weighted by molar-refractivity contribution is -0.0656. The molecular formula is C25H33N3O2S2. The molecule has 5 nitrogen and oxygen atoms in total. The van der Waals surface area contributed by atoms with Crippen LogP contribution in [0.5, 0.6) is 5.75 Å². The van der Waals surface area contributed by atoms with Crippen molar-refractivity contribution in [2.75, 3.05) is 39.8 Å². The third-order valence-corrected chi connectivity index (χ3v) is 8.92. The highest BCUT2D eigenvalue weighted by Crippen LogP contribution is 2.51. The molecular weight excluding hydrogens is 438 g/mol. The van der Waals surface area contributed by atoms with E-state index in [0.29, 0.717) is 5.92 Å². The van der Waals surface area contributed by atoms with Gasteiger partial charge < -0.3 is 19.7 Å². The fourth-order valence-electron chi connectivity index (χ4n) is 4.48. The SMILES string of the molecule is CN1CCC(OC(c2cccc(OCC3CCNCC3)c2)N2Sc3ccccc3S2)CC1. The molecule has 0 spiro atoms. The molecule has 2 aromatic rings. The Morgan fingerprint density at radius 1 is 0.969 bits per heavy atom. The van der Waals surface area contributed by atoms with Crippen molar-refractivity contribution in [3.63, 3.8) is 0 Å². The quantitative estimate of drug-likeness (QED) is 0.556. The second-order valence-corrected chi connectivity index (χ2v) is 11.2. The first-order valence-electron chi connectivity index (χ1n) is 11.8. The van der Waals surface area contributed by atoms with Crippen LogP contribution in [0.25, 0.3) is 0 Å². The summed E-state index contributed by atoms with van der Waals surface area (Å²) >= 11 is 3.57. The molecule has 0 amide bonds. The van der Waals surface area contributed by atoms with Crippen LogP contribution < -0.4 is 10.1 Å². The first kappa shape index (κ1) is 22.6. The highest BCUT2D eigenvalue weighted by molar-refractivity contribution is 8.14. The number of fused-ring (bicyclic) bond motifs is 1. The largest absolute Gasteiger partial charge is 0.493 e. The van der Waals surface area contributed by atoms with Crippen molar-refractivity contribution in [2.45, 2.75) is 47.8 Å². The second-order valence-electron chi connectivity index (χ2n) is 8.98. The number of likely N-dealkylation sites (tertiary alicyclic amines) is 1. The molecule has 3 heterocycles. The molecule has 0 saturated carbocycles. The van der Waals surface area contributed by atoms with Gasteiger partial charge in [0.05, 0.1) is 12.7 Å². The Balaban J connectivity index is 1.31. The third kappa shape index (κ3) is 5.64. The van der Waals surface area contributed by atoms with E-state index in [9.17, 15) is 0 Å². The Bertz CT molecular complexity index is 860. The van der Waals surface area contributed by atoms with E-state index in [0.717, 1.165) is 51.4 Å². The van der Waals surface area contributed by atoms with Crippen LogP contribution in [-0.4, -0.2) is 54.5 Å². The topological polar surface area (TPSA) is 37.0 Å². The summed E-state index contributed by atoms with van der Waals surface area (Å²) in [4.78, 5) is 4.99. The average molecular weight is 472 g/mol. The average Bonchev–Trinajstić information content (AvgIpc) is 3.27. The van der Waals surface area contributed by atoms with Crippen molar-refractivity contribution in [3.05, 3.63) is 54.1 Å². The van der Waals surface area contributed by atoms with Gasteiger partial charge in [0.2, 0.25) is 0 Å². The molecule has 1 N–H and O–H groups in total. The lowest BCUT2D eigenvalue weighted by atomic mass is 9.99. The fraction of sp³-hybridized carbons (Fsp3) is 0.520. The molecule has 2 saturated heterocycles. The van der Waals surface area contributed by atoms with Crippen LogP contribution >= 0.6 is 23.9 Å². The zero-order valence-electron chi connectivity index (χ0n) is 18.7.